The molecule has 1 saturated carbocycles. The fourth-order valence-electron chi connectivity index (χ4n) is 4.19. The number of hydrogen-bond acceptors (Lipinski definition) is 8. The minimum Gasteiger partial charge on any atom is -0.386 e. The molecule has 0 bridgehead atoms. The van der Waals surface area contributed by atoms with Crippen molar-refractivity contribution in [2.45, 2.75) is 36.8 Å². The third kappa shape index (κ3) is 2.75. The van der Waals surface area contributed by atoms with Crippen LogP contribution in [-0.2, 0) is 0 Å². The predicted octanol–water partition coefficient (Wildman–Crippen LogP) is 4.68. The molecule has 3 atom stereocenters. The molecule has 1 aromatic carbocycles. The summed E-state index contributed by atoms with van der Waals surface area (Å²) in [6.45, 7) is 4.08. The van der Waals surface area contributed by atoms with Crippen LogP contribution in [0.15, 0.2) is 23.2 Å². The van der Waals surface area contributed by atoms with Gasteiger partial charge in [0.15, 0.2) is 4.20 Å². The lowest BCUT2D eigenvalue weighted by atomic mass is 9.97. The minimum absolute atomic E-state index is 0.00944. The van der Waals surface area contributed by atoms with E-state index >= 15 is 0 Å². The minimum atomic E-state index is -1.30. The quantitative estimate of drug-likeness (QED) is 0.346. The lowest BCUT2D eigenvalue weighted by Crippen LogP contribution is -2.32. The van der Waals surface area contributed by atoms with Crippen molar-refractivity contribution in [1.29, 1.82) is 10.5 Å². The molecule has 0 aromatic heterocycles. The number of benzene rings is 1. The van der Waals surface area contributed by atoms with E-state index in [0.29, 0.717) is 5.56 Å². The molecule has 1 heterocycles. The van der Waals surface area contributed by atoms with E-state index in [9.17, 15) is 20.6 Å². The highest BCUT2D eigenvalue weighted by Gasteiger charge is 2.92. The summed E-state index contributed by atoms with van der Waals surface area (Å²) >= 11 is 9.04. The molecule has 1 aliphatic heterocycles. The third-order valence-corrected chi connectivity index (χ3v) is 9.29. The van der Waals surface area contributed by atoms with E-state index in [4.69, 9.17) is 17.3 Å². The van der Waals surface area contributed by atoms with Gasteiger partial charge in [0.2, 0.25) is 0 Å². The molecule has 1 aliphatic carbocycles. The Kier molecular flexibility index (Phi) is 5.79. The second-order valence-corrected chi connectivity index (χ2v) is 10.3. The molecule has 0 saturated heterocycles. The van der Waals surface area contributed by atoms with Crippen molar-refractivity contribution in [1.82, 2.24) is 0 Å². The first-order chi connectivity index (χ1) is 13.8. The van der Waals surface area contributed by atoms with Gasteiger partial charge in [0.1, 0.15) is 21.7 Å². The Morgan fingerprint density at radius 3 is 2.38 bits per heavy atom. The standard InChI is InChI=1S/C19H20ClN5O2S2/c1-3-7-28-19(29-8-4-2)18(11-22)15(17(18,10-21)16(23)24-19)12-5-6-13(20)14(9-12)25(26)27/h5-6,9,15H,3-4,7-8H2,1-2H3,(H2,23,24). The number of nitrogens with zero attached hydrogens (tertiary/aromatic N) is 4. The van der Waals surface area contributed by atoms with Gasteiger partial charge in [-0.15, -0.1) is 23.5 Å². The highest BCUT2D eigenvalue weighted by Crippen LogP contribution is 2.85. The fraction of sp³-hybridized carbons (Fsp3) is 0.526. The van der Waals surface area contributed by atoms with Crippen LogP contribution < -0.4 is 5.73 Å². The van der Waals surface area contributed by atoms with E-state index in [2.05, 4.69) is 17.1 Å². The van der Waals surface area contributed by atoms with Crippen molar-refractivity contribution in [2.75, 3.05) is 11.5 Å². The molecule has 152 valence electrons. The van der Waals surface area contributed by atoms with Crippen molar-refractivity contribution < 1.29 is 4.92 Å². The van der Waals surface area contributed by atoms with Gasteiger partial charge in [0.05, 0.1) is 17.1 Å². The van der Waals surface area contributed by atoms with Crippen molar-refractivity contribution in [3.63, 3.8) is 0 Å². The number of nitriles is 2. The number of hydrogen-bond donors (Lipinski definition) is 1. The van der Waals surface area contributed by atoms with Gasteiger partial charge in [-0.25, -0.2) is 4.99 Å². The van der Waals surface area contributed by atoms with E-state index in [1.54, 1.807) is 6.07 Å². The maximum absolute atomic E-state index is 11.4. The summed E-state index contributed by atoms with van der Waals surface area (Å²) in [5.74, 6) is 1.04. The first-order valence-electron chi connectivity index (χ1n) is 9.21. The van der Waals surface area contributed by atoms with E-state index in [1.165, 1.54) is 35.7 Å². The van der Waals surface area contributed by atoms with Gasteiger partial charge < -0.3 is 5.73 Å². The molecule has 10 heteroatoms. The van der Waals surface area contributed by atoms with E-state index < -0.39 is 25.9 Å². The van der Waals surface area contributed by atoms with Gasteiger partial charge in [-0.1, -0.05) is 31.5 Å². The lowest BCUT2D eigenvalue weighted by molar-refractivity contribution is -0.384. The summed E-state index contributed by atoms with van der Waals surface area (Å²) in [7, 11) is 0. The second-order valence-electron chi connectivity index (χ2n) is 7.02. The van der Waals surface area contributed by atoms with Crippen molar-refractivity contribution in [3.05, 3.63) is 38.9 Å². The fourth-order valence-corrected chi connectivity index (χ4v) is 7.60. The molecule has 3 rings (SSSR count). The molecule has 0 spiro atoms. The normalized spacial score (nSPS) is 28.7. The molecule has 3 unspecified atom stereocenters. The van der Waals surface area contributed by atoms with Crippen LogP contribution in [0, 0.1) is 43.6 Å². The SMILES string of the molecule is CCCSC1(SCCC)N=C(N)C2(C#N)C(c3ccc(Cl)c([N+](=O)[O-])c3)C12C#N. The van der Waals surface area contributed by atoms with Gasteiger partial charge in [0.25, 0.3) is 5.69 Å². The number of nitro benzene ring substituents is 1. The number of aliphatic imine (C=N–C) groups is 1. The molecule has 2 N–H and O–H groups in total. The number of rotatable bonds is 8. The smallest absolute Gasteiger partial charge is 0.288 e. The van der Waals surface area contributed by atoms with Gasteiger partial charge in [-0.05, 0) is 36.0 Å². The van der Waals surface area contributed by atoms with Crippen molar-refractivity contribution >= 4 is 46.6 Å². The Bertz CT molecular complexity index is 964. The number of halogens is 1. The van der Waals surface area contributed by atoms with Crippen LogP contribution >= 0.6 is 35.1 Å². The first kappa shape index (κ1) is 21.8. The van der Waals surface area contributed by atoms with Crippen LogP contribution in [0.2, 0.25) is 5.02 Å². The van der Waals surface area contributed by atoms with Gasteiger partial charge >= 0.3 is 0 Å². The van der Waals surface area contributed by atoms with Crippen LogP contribution in [0.25, 0.3) is 0 Å². The Balaban J connectivity index is 2.20. The highest BCUT2D eigenvalue weighted by atomic mass is 35.5. The number of thioether (sulfide) groups is 2. The summed E-state index contributed by atoms with van der Waals surface area (Å²) in [6.07, 6.45) is 1.76. The molecule has 0 radical (unpaired) electrons. The van der Waals surface area contributed by atoms with E-state index in [1.807, 2.05) is 13.8 Å². The molecule has 7 nitrogen and oxygen atoms in total. The molecule has 1 fully saturated rings. The third-order valence-electron chi connectivity index (χ3n) is 5.43. The average Bonchev–Trinajstić information content (AvgIpc) is 3.28. The Morgan fingerprint density at radius 2 is 1.90 bits per heavy atom. The van der Waals surface area contributed by atoms with Gasteiger partial charge in [-0.2, -0.15) is 10.5 Å². The van der Waals surface area contributed by atoms with Crippen molar-refractivity contribution in [2.24, 2.45) is 21.6 Å². The summed E-state index contributed by atoms with van der Waals surface area (Å²) < 4.78 is -0.924. The molecule has 1 aromatic rings. The van der Waals surface area contributed by atoms with Crippen LogP contribution in [0.3, 0.4) is 0 Å². The maximum atomic E-state index is 11.4. The summed E-state index contributed by atoms with van der Waals surface area (Å²) in [4.78, 5) is 15.5. The molecular weight excluding hydrogens is 430 g/mol. The summed E-state index contributed by atoms with van der Waals surface area (Å²) in [5.41, 5.74) is 4.06. The summed E-state index contributed by atoms with van der Waals surface area (Å²) in [6, 6.07) is 9.10. The largest absolute Gasteiger partial charge is 0.386 e. The topological polar surface area (TPSA) is 129 Å². The maximum Gasteiger partial charge on any atom is 0.288 e. The van der Waals surface area contributed by atoms with Crippen LogP contribution in [0.5, 0.6) is 0 Å². The Labute approximate surface area is 182 Å². The number of nitro groups is 1. The zero-order valence-electron chi connectivity index (χ0n) is 16.0. The molecule has 0 amide bonds. The van der Waals surface area contributed by atoms with E-state index in [0.717, 1.165) is 24.3 Å². The predicted molar refractivity (Wildman–Crippen MR) is 117 cm³/mol. The van der Waals surface area contributed by atoms with Gasteiger partial charge in [-0.3, -0.25) is 10.1 Å². The molecule has 29 heavy (non-hydrogen) atoms. The number of nitrogens with two attached hydrogens (primary N) is 1. The molecule has 2 aliphatic rings. The monoisotopic (exact) mass is 449 g/mol. The lowest BCUT2D eigenvalue weighted by Gasteiger charge is -2.32. The first-order valence-corrected chi connectivity index (χ1v) is 11.6. The van der Waals surface area contributed by atoms with Crippen molar-refractivity contribution in [3.8, 4) is 12.1 Å². The number of amidine groups is 1. The van der Waals surface area contributed by atoms with E-state index in [-0.39, 0.29) is 16.5 Å². The Morgan fingerprint density at radius 1 is 1.28 bits per heavy atom. The van der Waals surface area contributed by atoms with Gasteiger partial charge in [0, 0.05) is 12.0 Å². The van der Waals surface area contributed by atoms with Crippen LogP contribution in [0.4, 0.5) is 5.69 Å². The summed E-state index contributed by atoms with van der Waals surface area (Å²) in [5, 5.41) is 31.9. The highest BCUT2D eigenvalue weighted by molar-refractivity contribution is 8.18. The zero-order chi connectivity index (χ0) is 21.4. The number of fused-ring (bicyclic) bond motifs is 1. The zero-order valence-corrected chi connectivity index (χ0v) is 18.4. The second kappa shape index (κ2) is 7.71. The Hall–Kier alpha value is -1.94. The van der Waals surface area contributed by atoms with Crippen LogP contribution in [-0.4, -0.2) is 26.5 Å². The average molecular weight is 450 g/mol. The molecular formula is C19H20ClN5O2S2. The van der Waals surface area contributed by atoms with Crippen LogP contribution in [0.1, 0.15) is 38.2 Å².